The van der Waals surface area contributed by atoms with Gasteiger partial charge in [-0.2, -0.15) is 0 Å². The SMILES string of the molecule is CCC(Oc1ccccc1)C(=O)NC1CCCC1C(=O)O. The van der Waals surface area contributed by atoms with Crippen LogP contribution in [0.3, 0.4) is 0 Å². The molecule has 1 aliphatic rings. The molecule has 5 heteroatoms. The van der Waals surface area contributed by atoms with Gasteiger partial charge in [-0.15, -0.1) is 0 Å². The number of aliphatic carboxylic acids is 1. The predicted octanol–water partition coefficient (Wildman–Crippen LogP) is 2.21. The second kappa shape index (κ2) is 7.11. The van der Waals surface area contributed by atoms with Crippen molar-refractivity contribution in [2.45, 2.75) is 44.8 Å². The molecule has 0 bridgehead atoms. The minimum absolute atomic E-state index is 0.237. The van der Waals surface area contributed by atoms with Gasteiger partial charge in [0.1, 0.15) is 5.75 Å². The molecule has 0 saturated heterocycles. The van der Waals surface area contributed by atoms with Gasteiger partial charge in [-0.25, -0.2) is 0 Å². The number of benzene rings is 1. The van der Waals surface area contributed by atoms with E-state index in [4.69, 9.17) is 9.84 Å². The first kappa shape index (κ1) is 15.4. The van der Waals surface area contributed by atoms with Crippen LogP contribution in [0.4, 0.5) is 0 Å². The van der Waals surface area contributed by atoms with E-state index < -0.39 is 18.0 Å². The van der Waals surface area contributed by atoms with Gasteiger partial charge in [-0.3, -0.25) is 9.59 Å². The number of nitrogens with one attached hydrogen (secondary N) is 1. The maximum atomic E-state index is 12.3. The molecule has 1 aliphatic carbocycles. The highest BCUT2D eigenvalue weighted by atomic mass is 16.5. The molecule has 5 nitrogen and oxygen atoms in total. The molecule has 2 rings (SSSR count). The van der Waals surface area contributed by atoms with E-state index in [9.17, 15) is 9.59 Å². The fraction of sp³-hybridized carbons (Fsp3) is 0.500. The molecule has 0 heterocycles. The molecule has 3 unspecified atom stereocenters. The van der Waals surface area contributed by atoms with Crippen molar-refractivity contribution in [1.82, 2.24) is 5.32 Å². The zero-order valence-electron chi connectivity index (χ0n) is 12.1. The Morgan fingerprint density at radius 1 is 1.33 bits per heavy atom. The molecule has 21 heavy (non-hydrogen) atoms. The van der Waals surface area contributed by atoms with Crippen molar-refractivity contribution < 1.29 is 19.4 Å². The monoisotopic (exact) mass is 291 g/mol. The Balaban J connectivity index is 1.95. The van der Waals surface area contributed by atoms with Gasteiger partial charge in [0.25, 0.3) is 5.91 Å². The number of ether oxygens (including phenoxy) is 1. The summed E-state index contributed by atoms with van der Waals surface area (Å²) in [6, 6.07) is 8.87. The number of hydrogen-bond acceptors (Lipinski definition) is 3. The fourth-order valence-corrected chi connectivity index (χ4v) is 2.69. The maximum absolute atomic E-state index is 12.3. The Bertz CT molecular complexity index is 488. The van der Waals surface area contributed by atoms with E-state index in [0.717, 1.165) is 6.42 Å². The van der Waals surface area contributed by atoms with Crippen LogP contribution in [-0.4, -0.2) is 29.1 Å². The third kappa shape index (κ3) is 3.97. The van der Waals surface area contributed by atoms with Gasteiger partial charge in [-0.05, 0) is 31.4 Å². The van der Waals surface area contributed by atoms with Crippen molar-refractivity contribution in [2.24, 2.45) is 5.92 Å². The lowest BCUT2D eigenvalue weighted by Crippen LogP contribution is -2.46. The zero-order valence-corrected chi connectivity index (χ0v) is 12.1. The smallest absolute Gasteiger partial charge is 0.308 e. The number of rotatable bonds is 6. The fourth-order valence-electron chi connectivity index (χ4n) is 2.69. The van der Waals surface area contributed by atoms with Gasteiger partial charge in [-0.1, -0.05) is 31.5 Å². The summed E-state index contributed by atoms with van der Waals surface area (Å²) < 4.78 is 5.67. The number of carbonyl (C=O) groups excluding carboxylic acids is 1. The molecule has 1 aromatic carbocycles. The van der Waals surface area contributed by atoms with Crippen molar-refractivity contribution in [1.29, 1.82) is 0 Å². The topological polar surface area (TPSA) is 75.6 Å². The zero-order chi connectivity index (χ0) is 15.2. The van der Waals surface area contributed by atoms with Gasteiger partial charge < -0.3 is 15.2 Å². The van der Waals surface area contributed by atoms with Crippen molar-refractivity contribution in [3.63, 3.8) is 0 Å². The van der Waals surface area contributed by atoms with Crippen molar-refractivity contribution in [3.05, 3.63) is 30.3 Å². The van der Waals surface area contributed by atoms with Crippen LogP contribution in [0, 0.1) is 5.92 Å². The first-order valence-corrected chi connectivity index (χ1v) is 7.36. The maximum Gasteiger partial charge on any atom is 0.308 e. The minimum atomic E-state index is -0.838. The number of amides is 1. The van der Waals surface area contributed by atoms with Crippen molar-refractivity contribution in [2.75, 3.05) is 0 Å². The van der Waals surface area contributed by atoms with Crippen molar-refractivity contribution in [3.8, 4) is 5.75 Å². The summed E-state index contributed by atoms with van der Waals surface area (Å²) in [6.45, 7) is 1.87. The van der Waals surface area contributed by atoms with Gasteiger partial charge in [0, 0.05) is 6.04 Å². The van der Waals surface area contributed by atoms with E-state index in [-0.39, 0.29) is 11.9 Å². The van der Waals surface area contributed by atoms with Gasteiger partial charge in [0.15, 0.2) is 6.10 Å². The highest BCUT2D eigenvalue weighted by Crippen LogP contribution is 2.26. The van der Waals surface area contributed by atoms with Crippen LogP contribution in [0.15, 0.2) is 30.3 Å². The molecule has 114 valence electrons. The van der Waals surface area contributed by atoms with E-state index in [2.05, 4.69) is 5.32 Å². The van der Waals surface area contributed by atoms with E-state index in [1.807, 2.05) is 25.1 Å². The van der Waals surface area contributed by atoms with Crippen LogP contribution in [-0.2, 0) is 9.59 Å². The third-order valence-electron chi connectivity index (χ3n) is 3.85. The first-order valence-electron chi connectivity index (χ1n) is 7.36. The molecule has 3 atom stereocenters. The average molecular weight is 291 g/mol. The first-order chi connectivity index (χ1) is 10.1. The highest BCUT2D eigenvalue weighted by molar-refractivity contribution is 5.82. The lowest BCUT2D eigenvalue weighted by molar-refractivity contribution is -0.142. The van der Waals surface area contributed by atoms with Crippen LogP contribution < -0.4 is 10.1 Å². The average Bonchev–Trinajstić information content (AvgIpc) is 2.94. The summed E-state index contributed by atoms with van der Waals surface area (Å²) in [5.74, 6) is -0.918. The third-order valence-corrected chi connectivity index (χ3v) is 3.85. The molecule has 0 spiro atoms. The molecule has 0 aromatic heterocycles. The Hall–Kier alpha value is -2.04. The largest absolute Gasteiger partial charge is 0.481 e. The van der Waals surface area contributed by atoms with E-state index >= 15 is 0 Å². The molecular weight excluding hydrogens is 270 g/mol. The molecular formula is C16H21NO4. The summed E-state index contributed by atoms with van der Waals surface area (Å²) >= 11 is 0. The number of carbonyl (C=O) groups is 2. The Labute approximate surface area is 124 Å². The molecule has 0 aliphatic heterocycles. The molecule has 1 fully saturated rings. The van der Waals surface area contributed by atoms with Crippen molar-refractivity contribution >= 4 is 11.9 Å². The summed E-state index contributed by atoms with van der Waals surface area (Å²) in [5.41, 5.74) is 0. The van der Waals surface area contributed by atoms with Crippen LogP contribution in [0.2, 0.25) is 0 Å². The van der Waals surface area contributed by atoms with Crippen LogP contribution in [0.25, 0.3) is 0 Å². The van der Waals surface area contributed by atoms with Crippen LogP contribution >= 0.6 is 0 Å². The molecule has 1 saturated carbocycles. The molecule has 1 aromatic rings. The number of carboxylic acids is 1. The standard InChI is InChI=1S/C16H21NO4/c1-2-14(21-11-7-4-3-5-8-11)15(18)17-13-10-6-9-12(13)16(19)20/h3-5,7-8,12-14H,2,6,9-10H2,1H3,(H,17,18)(H,19,20). The summed E-state index contributed by atoms with van der Waals surface area (Å²) in [4.78, 5) is 23.4. The van der Waals surface area contributed by atoms with E-state index in [1.54, 1.807) is 12.1 Å². The van der Waals surface area contributed by atoms with E-state index in [1.165, 1.54) is 0 Å². The van der Waals surface area contributed by atoms with Gasteiger partial charge in [0.2, 0.25) is 0 Å². The highest BCUT2D eigenvalue weighted by Gasteiger charge is 2.35. The number of carboxylic acid groups (broad SMARTS) is 1. The van der Waals surface area contributed by atoms with E-state index in [0.29, 0.717) is 25.0 Å². The Morgan fingerprint density at radius 3 is 2.67 bits per heavy atom. The van der Waals surface area contributed by atoms with Crippen LogP contribution in [0.5, 0.6) is 5.75 Å². The van der Waals surface area contributed by atoms with Crippen LogP contribution in [0.1, 0.15) is 32.6 Å². The number of para-hydroxylation sites is 1. The Kier molecular flexibility index (Phi) is 5.20. The summed E-state index contributed by atoms with van der Waals surface area (Å²) in [6.07, 6.45) is 2.10. The summed E-state index contributed by atoms with van der Waals surface area (Å²) in [7, 11) is 0. The second-order valence-electron chi connectivity index (χ2n) is 5.32. The minimum Gasteiger partial charge on any atom is -0.481 e. The normalized spacial score (nSPS) is 22.5. The lowest BCUT2D eigenvalue weighted by atomic mass is 10.0. The van der Waals surface area contributed by atoms with Gasteiger partial charge in [0.05, 0.1) is 5.92 Å². The Morgan fingerprint density at radius 2 is 2.05 bits per heavy atom. The summed E-state index contributed by atoms with van der Waals surface area (Å²) in [5, 5.41) is 12.0. The quantitative estimate of drug-likeness (QED) is 0.842. The molecule has 1 amide bonds. The molecule has 2 N–H and O–H groups in total. The molecule has 0 radical (unpaired) electrons. The second-order valence-corrected chi connectivity index (χ2v) is 5.32. The number of hydrogen-bond donors (Lipinski definition) is 2. The lowest BCUT2D eigenvalue weighted by Gasteiger charge is -2.22. The van der Waals surface area contributed by atoms with Gasteiger partial charge >= 0.3 is 5.97 Å². The predicted molar refractivity (Wildman–Crippen MR) is 78.1 cm³/mol.